The second-order valence-electron chi connectivity index (χ2n) is 4.10. The molecule has 0 aliphatic carbocycles. The highest BCUT2D eigenvalue weighted by atomic mass is 32.2. The van der Waals surface area contributed by atoms with E-state index in [-0.39, 0.29) is 0 Å². The van der Waals surface area contributed by atoms with Crippen molar-refractivity contribution < 1.29 is 26.5 Å². The Bertz CT molecular complexity index is 855. The summed E-state index contributed by atoms with van der Waals surface area (Å²) in [5, 5.41) is 10.6. The van der Waals surface area contributed by atoms with Gasteiger partial charge in [0.05, 0.1) is 10.6 Å². The molecule has 10 heteroatoms. The lowest BCUT2D eigenvalue weighted by atomic mass is 10.3. The third kappa shape index (κ3) is 3.17. The minimum Gasteiger partial charge on any atom is -0.276 e. The molecular weight excluding hydrogens is 325 g/mol. The molecule has 6 nitrogen and oxygen atoms in total. The topological polar surface area (TPSA) is 89.3 Å². The molecule has 0 saturated heterocycles. The summed E-state index contributed by atoms with van der Waals surface area (Å²) in [7, 11) is -4.58. The van der Waals surface area contributed by atoms with Crippen molar-refractivity contribution in [3.05, 3.63) is 64.0 Å². The van der Waals surface area contributed by atoms with Gasteiger partial charge in [0.2, 0.25) is 0 Å². The van der Waals surface area contributed by atoms with E-state index in [2.05, 4.69) is 0 Å². The minimum absolute atomic E-state index is 0.346. The van der Waals surface area contributed by atoms with E-state index in [9.17, 15) is 31.7 Å². The van der Waals surface area contributed by atoms with E-state index in [1.54, 1.807) is 4.72 Å². The molecule has 22 heavy (non-hydrogen) atoms. The number of halogens is 3. The van der Waals surface area contributed by atoms with Crippen LogP contribution in [-0.4, -0.2) is 13.3 Å². The van der Waals surface area contributed by atoms with E-state index in [0.29, 0.717) is 30.3 Å². The SMILES string of the molecule is O=[N+]([O-])c1ccc(F)c(NS(=O)(=O)c2ccc(F)cc2F)c1. The highest BCUT2D eigenvalue weighted by Crippen LogP contribution is 2.25. The molecule has 0 aliphatic rings. The Hall–Kier alpha value is -2.62. The van der Waals surface area contributed by atoms with Crippen molar-refractivity contribution in [1.29, 1.82) is 0 Å². The van der Waals surface area contributed by atoms with Crippen LogP contribution in [0, 0.1) is 27.6 Å². The van der Waals surface area contributed by atoms with Gasteiger partial charge in [0.15, 0.2) is 0 Å². The van der Waals surface area contributed by atoms with Crippen LogP contribution in [-0.2, 0) is 10.0 Å². The molecule has 0 fully saturated rings. The van der Waals surface area contributed by atoms with Crippen LogP contribution in [0.4, 0.5) is 24.5 Å². The summed E-state index contributed by atoms with van der Waals surface area (Å²) in [5.74, 6) is -3.45. The molecule has 0 heterocycles. The summed E-state index contributed by atoms with van der Waals surface area (Å²) in [6, 6.07) is 3.89. The Morgan fingerprint density at radius 2 is 1.68 bits per heavy atom. The number of rotatable bonds is 4. The normalized spacial score (nSPS) is 11.2. The maximum atomic E-state index is 13.5. The number of non-ortho nitro benzene ring substituents is 1. The molecule has 116 valence electrons. The zero-order valence-electron chi connectivity index (χ0n) is 10.6. The van der Waals surface area contributed by atoms with Crippen molar-refractivity contribution in [2.75, 3.05) is 4.72 Å². The molecule has 2 aromatic rings. The molecule has 1 N–H and O–H groups in total. The van der Waals surface area contributed by atoms with E-state index in [0.717, 1.165) is 6.07 Å². The zero-order chi connectivity index (χ0) is 16.5. The average molecular weight is 332 g/mol. The summed E-state index contributed by atoms with van der Waals surface area (Å²) in [4.78, 5) is 8.83. The number of anilines is 1. The highest BCUT2D eigenvalue weighted by Gasteiger charge is 2.22. The first-order chi connectivity index (χ1) is 10.2. The number of hydrogen-bond donors (Lipinski definition) is 1. The third-order valence-corrected chi connectivity index (χ3v) is 3.99. The average Bonchev–Trinajstić information content (AvgIpc) is 2.40. The van der Waals surface area contributed by atoms with Crippen LogP contribution in [0.2, 0.25) is 0 Å². The predicted octanol–water partition coefficient (Wildman–Crippen LogP) is 2.81. The van der Waals surface area contributed by atoms with Crippen molar-refractivity contribution in [2.24, 2.45) is 0 Å². The summed E-state index contributed by atoms with van der Waals surface area (Å²) in [6.07, 6.45) is 0. The van der Waals surface area contributed by atoms with Gasteiger partial charge in [0, 0.05) is 18.2 Å². The molecule has 2 rings (SSSR count). The molecule has 0 unspecified atom stereocenters. The lowest BCUT2D eigenvalue weighted by Crippen LogP contribution is -2.15. The predicted molar refractivity (Wildman–Crippen MR) is 70.2 cm³/mol. The number of nitrogens with zero attached hydrogens (tertiary/aromatic N) is 1. The molecule has 0 amide bonds. The van der Waals surface area contributed by atoms with Gasteiger partial charge in [-0.25, -0.2) is 21.6 Å². The molecule has 0 atom stereocenters. The van der Waals surface area contributed by atoms with Crippen molar-refractivity contribution in [1.82, 2.24) is 0 Å². The molecule has 2 aromatic carbocycles. The van der Waals surface area contributed by atoms with Gasteiger partial charge in [0.1, 0.15) is 22.3 Å². The minimum atomic E-state index is -4.58. The molecule has 0 radical (unpaired) electrons. The quantitative estimate of drug-likeness (QED) is 0.689. The van der Waals surface area contributed by atoms with E-state index >= 15 is 0 Å². The van der Waals surface area contributed by atoms with Gasteiger partial charge >= 0.3 is 0 Å². The van der Waals surface area contributed by atoms with Gasteiger partial charge in [-0.15, -0.1) is 0 Å². The summed E-state index contributed by atoms with van der Waals surface area (Å²) in [6.45, 7) is 0. The van der Waals surface area contributed by atoms with Crippen molar-refractivity contribution in [2.45, 2.75) is 4.90 Å². The number of nitro benzene ring substituents is 1. The van der Waals surface area contributed by atoms with Crippen LogP contribution in [0.25, 0.3) is 0 Å². The Kier molecular flexibility index (Phi) is 4.04. The second kappa shape index (κ2) is 5.64. The monoisotopic (exact) mass is 332 g/mol. The first-order valence-electron chi connectivity index (χ1n) is 5.62. The fraction of sp³-hybridized carbons (Fsp3) is 0. The maximum absolute atomic E-state index is 13.5. The Morgan fingerprint density at radius 1 is 1.00 bits per heavy atom. The van der Waals surface area contributed by atoms with E-state index in [4.69, 9.17) is 0 Å². The number of nitrogens with one attached hydrogen (secondary N) is 1. The molecular formula is C12H7F3N2O4S. The van der Waals surface area contributed by atoms with Gasteiger partial charge in [0.25, 0.3) is 15.7 Å². The molecule has 0 bridgehead atoms. The summed E-state index contributed by atoms with van der Waals surface area (Å²) < 4.78 is 65.4. The van der Waals surface area contributed by atoms with Gasteiger partial charge in [-0.2, -0.15) is 0 Å². The number of hydrogen-bond acceptors (Lipinski definition) is 4. The largest absolute Gasteiger partial charge is 0.276 e. The van der Waals surface area contributed by atoms with Gasteiger partial charge in [-0.05, 0) is 18.2 Å². The first kappa shape index (κ1) is 15.8. The summed E-state index contributed by atoms with van der Waals surface area (Å²) in [5.41, 5.74) is -1.28. The van der Waals surface area contributed by atoms with E-state index in [1.807, 2.05) is 0 Å². The molecule has 0 saturated carbocycles. The number of sulfonamides is 1. The van der Waals surface area contributed by atoms with Gasteiger partial charge in [-0.3, -0.25) is 14.8 Å². The molecule has 0 aliphatic heterocycles. The van der Waals surface area contributed by atoms with Gasteiger partial charge in [-0.1, -0.05) is 0 Å². The van der Waals surface area contributed by atoms with Crippen LogP contribution < -0.4 is 4.72 Å². The van der Waals surface area contributed by atoms with Crippen molar-refractivity contribution >= 4 is 21.4 Å². The number of nitro groups is 1. The fourth-order valence-electron chi connectivity index (χ4n) is 1.60. The smallest absolute Gasteiger partial charge is 0.271 e. The van der Waals surface area contributed by atoms with Crippen LogP contribution in [0.3, 0.4) is 0 Å². The lowest BCUT2D eigenvalue weighted by Gasteiger charge is -2.09. The standard InChI is InChI=1S/C12H7F3N2O4S/c13-7-1-4-12(10(15)5-7)22(20,21)16-11-6-8(17(18)19)2-3-9(11)14/h1-6,16H. The van der Waals surface area contributed by atoms with Crippen LogP contribution in [0.1, 0.15) is 0 Å². The van der Waals surface area contributed by atoms with Crippen LogP contribution >= 0.6 is 0 Å². The first-order valence-corrected chi connectivity index (χ1v) is 7.11. The highest BCUT2D eigenvalue weighted by molar-refractivity contribution is 7.92. The Labute approximate surface area is 122 Å². The summed E-state index contributed by atoms with van der Waals surface area (Å²) >= 11 is 0. The fourth-order valence-corrected chi connectivity index (χ4v) is 2.72. The second-order valence-corrected chi connectivity index (χ2v) is 5.75. The van der Waals surface area contributed by atoms with Crippen molar-refractivity contribution in [3.8, 4) is 0 Å². The molecule has 0 spiro atoms. The van der Waals surface area contributed by atoms with Crippen LogP contribution in [0.5, 0.6) is 0 Å². The van der Waals surface area contributed by atoms with E-state index < -0.39 is 48.7 Å². The van der Waals surface area contributed by atoms with Crippen molar-refractivity contribution in [3.63, 3.8) is 0 Å². The Morgan fingerprint density at radius 3 is 2.27 bits per heavy atom. The van der Waals surface area contributed by atoms with E-state index in [1.165, 1.54) is 0 Å². The third-order valence-electron chi connectivity index (χ3n) is 2.59. The lowest BCUT2D eigenvalue weighted by molar-refractivity contribution is -0.384. The van der Waals surface area contributed by atoms with Gasteiger partial charge < -0.3 is 0 Å². The Balaban J connectivity index is 2.45. The van der Waals surface area contributed by atoms with Crippen LogP contribution in [0.15, 0.2) is 41.3 Å². The maximum Gasteiger partial charge on any atom is 0.271 e. The zero-order valence-corrected chi connectivity index (χ0v) is 11.4. The number of benzene rings is 2. The molecule has 0 aromatic heterocycles.